The van der Waals surface area contributed by atoms with E-state index in [1.807, 2.05) is 6.92 Å². The van der Waals surface area contributed by atoms with Crippen molar-refractivity contribution in [2.24, 2.45) is 5.73 Å². The molecule has 0 aliphatic carbocycles. The van der Waals surface area contributed by atoms with Crippen molar-refractivity contribution in [1.29, 1.82) is 0 Å². The maximum Gasteiger partial charge on any atom is 0.254 e. The van der Waals surface area contributed by atoms with Crippen LogP contribution in [0.5, 0.6) is 11.6 Å². The molecule has 0 radical (unpaired) electrons. The molecule has 0 spiro atoms. The van der Waals surface area contributed by atoms with Crippen LogP contribution in [0.4, 0.5) is 5.69 Å². The Bertz CT molecular complexity index is 597. The van der Waals surface area contributed by atoms with Crippen molar-refractivity contribution in [2.75, 3.05) is 5.73 Å². The van der Waals surface area contributed by atoms with Crippen LogP contribution in [-0.2, 0) is 0 Å². The lowest BCUT2D eigenvalue weighted by atomic mass is 10.2. The molecule has 0 fully saturated rings. The Labute approximate surface area is 104 Å². The number of benzene rings is 1. The standard InChI is InChI=1S/C13H13N3O2/c1-8-7-9(14)4-5-11(8)18-13-10(12(15)17)3-2-6-16-13/h2-7H,14H2,1H3,(H2,15,17). The molecule has 1 heterocycles. The van der Waals surface area contributed by atoms with Gasteiger partial charge in [-0.3, -0.25) is 4.79 Å². The van der Waals surface area contributed by atoms with Crippen molar-refractivity contribution in [3.05, 3.63) is 47.7 Å². The minimum absolute atomic E-state index is 0.192. The molecule has 0 saturated heterocycles. The molecular weight excluding hydrogens is 230 g/mol. The van der Waals surface area contributed by atoms with Gasteiger partial charge in [-0.25, -0.2) is 4.98 Å². The maximum atomic E-state index is 11.2. The predicted octanol–water partition coefficient (Wildman–Crippen LogP) is 1.86. The summed E-state index contributed by atoms with van der Waals surface area (Å²) in [5.41, 5.74) is 12.7. The van der Waals surface area contributed by atoms with Crippen molar-refractivity contribution in [3.8, 4) is 11.6 Å². The van der Waals surface area contributed by atoms with Gasteiger partial charge in [0.25, 0.3) is 5.91 Å². The van der Waals surface area contributed by atoms with Crippen molar-refractivity contribution < 1.29 is 9.53 Å². The van der Waals surface area contributed by atoms with Crippen LogP contribution in [0.2, 0.25) is 0 Å². The van der Waals surface area contributed by atoms with Gasteiger partial charge in [-0.05, 0) is 42.8 Å². The Morgan fingerprint density at radius 2 is 2.11 bits per heavy atom. The van der Waals surface area contributed by atoms with E-state index in [0.29, 0.717) is 11.4 Å². The molecular formula is C13H13N3O2. The third kappa shape index (κ3) is 2.40. The summed E-state index contributed by atoms with van der Waals surface area (Å²) >= 11 is 0. The zero-order chi connectivity index (χ0) is 13.1. The van der Waals surface area contributed by atoms with Crippen LogP contribution < -0.4 is 16.2 Å². The average molecular weight is 243 g/mol. The molecule has 5 heteroatoms. The van der Waals surface area contributed by atoms with Gasteiger partial charge >= 0.3 is 0 Å². The molecule has 1 amide bonds. The molecule has 0 aliphatic heterocycles. The Balaban J connectivity index is 2.37. The normalized spacial score (nSPS) is 10.1. The first-order chi connectivity index (χ1) is 8.58. The number of rotatable bonds is 3. The summed E-state index contributed by atoms with van der Waals surface area (Å²) < 4.78 is 5.59. The smallest absolute Gasteiger partial charge is 0.254 e. The zero-order valence-electron chi connectivity index (χ0n) is 9.88. The number of nitrogens with zero attached hydrogens (tertiary/aromatic N) is 1. The lowest BCUT2D eigenvalue weighted by molar-refractivity contribution is 0.0997. The monoisotopic (exact) mass is 243 g/mol. The largest absolute Gasteiger partial charge is 0.438 e. The third-order valence-corrected chi connectivity index (χ3v) is 2.44. The van der Waals surface area contributed by atoms with Gasteiger partial charge < -0.3 is 16.2 Å². The number of aromatic nitrogens is 1. The molecule has 4 N–H and O–H groups in total. The third-order valence-electron chi connectivity index (χ3n) is 2.44. The number of hydrogen-bond donors (Lipinski definition) is 2. The summed E-state index contributed by atoms with van der Waals surface area (Å²) in [4.78, 5) is 15.2. The summed E-state index contributed by atoms with van der Waals surface area (Å²) in [6, 6.07) is 8.42. The van der Waals surface area contributed by atoms with E-state index in [1.54, 1.807) is 30.3 Å². The lowest BCUT2D eigenvalue weighted by Crippen LogP contribution is -2.12. The molecule has 18 heavy (non-hydrogen) atoms. The minimum atomic E-state index is -0.578. The lowest BCUT2D eigenvalue weighted by Gasteiger charge is -2.10. The van der Waals surface area contributed by atoms with Gasteiger partial charge in [0, 0.05) is 11.9 Å². The second kappa shape index (κ2) is 4.75. The summed E-state index contributed by atoms with van der Waals surface area (Å²) in [5.74, 6) is 0.203. The average Bonchev–Trinajstić information content (AvgIpc) is 2.33. The van der Waals surface area contributed by atoms with E-state index in [9.17, 15) is 4.79 Å². The fourth-order valence-electron chi connectivity index (χ4n) is 1.55. The topological polar surface area (TPSA) is 91.2 Å². The number of pyridine rings is 1. The Kier molecular flexibility index (Phi) is 3.14. The highest BCUT2D eigenvalue weighted by Crippen LogP contribution is 2.27. The van der Waals surface area contributed by atoms with Crippen molar-refractivity contribution >= 4 is 11.6 Å². The second-order valence-electron chi connectivity index (χ2n) is 3.85. The van der Waals surface area contributed by atoms with Gasteiger partial charge in [0.1, 0.15) is 11.3 Å². The highest BCUT2D eigenvalue weighted by atomic mass is 16.5. The molecule has 0 bridgehead atoms. The Hall–Kier alpha value is -2.56. The Morgan fingerprint density at radius 3 is 2.78 bits per heavy atom. The van der Waals surface area contributed by atoms with Gasteiger partial charge in [0.05, 0.1) is 0 Å². The number of nitrogens with two attached hydrogens (primary N) is 2. The maximum absolute atomic E-state index is 11.2. The molecule has 2 aromatic rings. The molecule has 92 valence electrons. The van der Waals surface area contributed by atoms with Crippen molar-refractivity contribution in [2.45, 2.75) is 6.92 Å². The van der Waals surface area contributed by atoms with Crippen LogP contribution in [-0.4, -0.2) is 10.9 Å². The van der Waals surface area contributed by atoms with Gasteiger partial charge in [-0.1, -0.05) is 0 Å². The molecule has 0 saturated carbocycles. The highest BCUT2D eigenvalue weighted by Gasteiger charge is 2.11. The summed E-state index contributed by atoms with van der Waals surface area (Å²) in [6.45, 7) is 1.86. The SMILES string of the molecule is Cc1cc(N)ccc1Oc1ncccc1C(N)=O. The van der Waals surface area contributed by atoms with Crippen LogP contribution in [0.3, 0.4) is 0 Å². The van der Waals surface area contributed by atoms with E-state index >= 15 is 0 Å². The number of ether oxygens (including phenoxy) is 1. The molecule has 1 aromatic heterocycles. The number of amides is 1. The highest BCUT2D eigenvalue weighted by molar-refractivity contribution is 5.95. The van der Waals surface area contributed by atoms with E-state index in [1.165, 1.54) is 6.20 Å². The number of nitrogen functional groups attached to an aromatic ring is 1. The summed E-state index contributed by atoms with van der Waals surface area (Å²) in [5, 5.41) is 0. The number of aryl methyl sites for hydroxylation is 1. The van der Waals surface area contributed by atoms with Gasteiger partial charge in [-0.15, -0.1) is 0 Å². The summed E-state index contributed by atoms with van der Waals surface area (Å²) in [7, 11) is 0. The number of carbonyl (C=O) groups excluding carboxylic acids is 1. The number of hydrogen-bond acceptors (Lipinski definition) is 4. The molecule has 0 aliphatic rings. The first-order valence-electron chi connectivity index (χ1n) is 5.36. The molecule has 1 aromatic carbocycles. The van der Waals surface area contributed by atoms with Crippen molar-refractivity contribution in [1.82, 2.24) is 4.98 Å². The number of primary amides is 1. The van der Waals surface area contributed by atoms with E-state index < -0.39 is 5.91 Å². The zero-order valence-corrected chi connectivity index (χ0v) is 9.88. The molecule has 2 rings (SSSR count). The molecule has 5 nitrogen and oxygen atoms in total. The van der Waals surface area contributed by atoms with E-state index in [4.69, 9.17) is 16.2 Å². The predicted molar refractivity (Wildman–Crippen MR) is 68.4 cm³/mol. The van der Waals surface area contributed by atoms with E-state index in [-0.39, 0.29) is 11.4 Å². The fourth-order valence-corrected chi connectivity index (χ4v) is 1.55. The Morgan fingerprint density at radius 1 is 1.33 bits per heavy atom. The van der Waals surface area contributed by atoms with Gasteiger partial charge in [0.15, 0.2) is 0 Å². The van der Waals surface area contributed by atoms with Crippen LogP contribution in [0, 0.1) is 6.92 Å². The molecule has 0 atom stereocenters. The van der Waals surface area contributed by atoms with Gasteiger partial charge in [0.2, 0.25) is 5.88 Å². The van der Waals surface area contributed by atoms with Crippen LogP contribution in [0.15, 0.2) is 36.5 Å². The van der Waals surface area contributed by atoms with Gasteiger partial charge in [-0.2, -0.15) is 0 Å². The van der Waals surface area contributed by atoms with Crippen molar-refractivity contribution in [3.63, 3.8) is 0 Å². The number of anilines is 1. The minimum Gasteiger partial charge on any atom is -0.438 e. The number of carbonyl (C=O) groups is 1. The van der Waals surface area contributed by atoms with E-state index in [0.717, 1.165) is 5.56 Å². The second-order valence-corrected chi connectivity index (χ2v) is 3.85. The van der Waals surface area contributed by atoms with Crippen LogP contribution >= 0.6 is 0 Å². The first-order valence-corrected chi connectivity index (χ1v) is 5.36. The quantitative estimate of drug-likeness (QED) is 0.805. The molecule has 0 unspecified atom stereocenters. The summed E-state index contributed by atoms with van der Waals surface area (Å²) in [6.07, 6.45) is 1.54. The van der Waals surface area contributed by atoms with E-state index in [2.05, 4.69) is 4.98 Å². The van der Waals surface area contributed by atoms with Crippen LogP contribution in [0.1, 0.15) is 15.9 Å². The fraction of sp³-hybridized carbons (Fsp3) is 0.0769. The first kappa shape index (κ1) is 11.9. The van der Waals surface area contributed by atoms with Crippen LogP contribution in [0.25, 0.3) is 0 Å².